The third-order valence-electron chi connectivity index (χ3n) is 5.60. The zero-order valence-electron chi connectivity index (χ0n) is 18.2. The Morgan fingerprint density at radius 2 is 1.82 bits per heavy atom. The van der Waals surface area contributed by atoms with Crippen LogP contribution in [0.1, 0.15) is 97.3 Å². The van der Waals surface area contributed by atoms with E-state index >= 15 is 0 Å². The molecule has 0 fully saturated rings. The zero-order chi connectivity index (χ0) is 20.5. The summed E-state index contributed by atoms with van der Waals surface area (Å²) < 4.78 is 5.17. The number of unbranched alkanes of at least 4 members (excludes halogenated alkanes) is 7. The first-order valence-electron chi connectivity index (χ1n) is 11.6. The summed E-state index contributed by atoms with van der Waals surface area (Å²) in [5, 5.41) is 9.44. The van der Waals surface area contributed by atoms with Gasteiger partial charge in [-0.1, -0.05) is 76.7 Å². The summed E-state index contributed by atoms with van der Waals surface area (Å²) in [5.74, 6) is 1.03. The van der Waals surface area contributed by atoms with E-state index in [1.165, 1.54) is 32.1 Å². The van der Waals surface area contributed by atoms with Gasteiger partial charge in [-0.3, -0.25) is 4.79 Å². The second kappa shape index (κ2) is 16.4. The Morgan fingerprint density at radius 1 is 1.07 bits per heavy atom. The van der Waals surface area contributed by atoms with E-state index in [1.807, 2.05) is 0 Å². The molecule has 0 aromatic carbocycles. The highest BCUT2D eigenvalue weighted by Gasteiger charge is 2.24. The van der Waals surface area contributed by atoms with Gasteiger partial charge in [-0.2, -0.15) is 5.26 Å². The topological polar surface area (TPSA) is 50.1 Å². The van der Waals surface area contributed by atoms with E-state index in [0.29, 0.717) is 24.9 Å². The number of nitrogens with zero attached hydrogens (tertiary/aromatic N) is 1. The normalized spacial score (nSPS) is 21.7. The van der Waals surface area contributed by atoms with Gasteiger partial charge in [-0.05, 0) is 50.4 Å². The van der Waals surface area contributed by atoms with Gasteiger partial charge >= 0.3 is 5.97 Å². The molecule has 158 valence electrons. The maximum atomic E-state index is 11.5. The lowest BCUT2D eigenvalue weighted by Gasteiger charge is -2.26. The summed E-state index contributed by atoms with van der Waals surface area (Å²) in [4.78, 5) is 11.5. The first-order chi connectivity index (χ1) is 13.7. The highest BCUT2D eigenvalue weighted by molar-refractivity contribution is 5.69. The molecule has 1 aliphatic rings. The van der Waals surface area contributed by atoms with Crippen LogP contribution in [0.2, 0.25) is 0 Å². The van der Waals surface area contributed by atoms with E-state index in [2.05, 4.69) is 44.2 Å². The Hall–Kier alpha value is -1.56. The molecule has 0 heterocycles. The van der Waals surface area contributed by atoms with E-state index < -0.39 is 0 Å². The molecular weight excluding hydrogens is 346 g/mol. The fraction of sp³-hybridized carbons (Fsp3) is 0.760. The molecule has 1 rings (SSSR count). The Labute approximate surface area is 173 Å². The summed E-state index contributed by atoms with van der Waals surface area (Å²) in [6.07, 6.45) is 23.1. The molecule has 0 amide bonds. The summed E-state index contributed by atoms with van der Waals surface area (Å²) in [7, 11) is 0. The Morgan fingerprint density at radius 3 is 2.57 bits per heavy atom. The van der Waals surface area contributed by atoms with E-state index in [0.717, 1.165) is 44.9 Å². The number of carbonyl (C=O) groups excluding carboxylic acids is 1. The Kier molecular flexibility index (Phi) is 14.3. The molecule has 0 radical (unpaired) electrons. The molecule has 0 aromatic heterocycles. The smallest absolute Gasteiger partial charge is 0.305 e. The largest absolute Gasteiger partial charge is 0.466 e. The third-order valence-corrected chi connectivity index (χ3v) is 5.60. The molecule has 0 spiro atoms. The number of rotatable bonds is 15. The molecule has 28 heavy (non-hydrogen) atoms. The predicted molar refractivity (Wildman–Crippen MR) is 117 cm³/mol. The summed E-state index contributed by atoms with van der Waals surface area (Å²) in [6, 6.07) is 2.53. The van der Waals surface area contributed by atoms with Crippen LogP contribution in [0.5, 0.6) is 0 Å². The number of ether oxygens (including phenoxy) is 1. The second-order valence-corrected chi connectivity index (χ2v) is 8.13. The van der Waals surface area contributed by atoms with Crippen molar-refractivity contribution >= 4 is 5.97 Å². The van der Waals surface area contributed by atoms with Gasteiger partial charge in [0.2, 0.25) is 0 Å². The van der Waals surface area contributed by atoms with Crippen LogP contribution < -0.4 is 0 Å². The van der Waals surface area contributed by atoms with E-state index in [9.17, 15) is 10.1 Å². The van der Waals surface area contributed by atoms with Gasteiger partial charge in [0.1, 0.15) is 0 Å². The molecular formula is C25H41NO2. The number of carbonyl (C=O) groups is 1. The van der Waals surface area contributed by atoms with E-state index in [1.54, 1.807) is 0 Å². The first kappa shape index (κ1) is 24.5. The molecule has 0 aliphatic heterocycles. The molecule has 3 atom stereocenters. The number of esters is 1. The van der Waals surface area contributed by atoms with Crippen LogP contribution in [0.3, 0.4) is 0 Å². The van der Waals surface area contributed by atoms with Crippen molar-refractivity contribution in [2.75, 3.05) is 6.61 Å². The van der Waals surface area contributed by atoms with Crippen LogP contribution in [0, 0.1) is 29.1 Å². The monoisotopic (exact) mass is 387 g/mol. The van der Waals surface area contributed by atoms with Crippen LogP contribution in [-0.4, -0.2) is 12.6 Å². The van der Waals surface area contributed by atoms with E-state index in [4.69, 9.17) is 4.74 Å². The number of allylic oxidation sites excluding steroid dienone is 4. The minimum atomic E-state index is -0.0375. The van der Waals surface area contributed by atoms with Gasteiger partial charge in [-0.25, -0.2) is 0 Å². The van der Waals surface area contributed by atoms with Crippen molar-refractivity contribution in [2.45, 2.75) is 97.3 Å². The van der Waals surface area contributed by atoms with Crippen molar-refractivity contribution in [3.8, 4) is 6.07 Å². The molecule has 3 nitrogen and oxygen atoms in total. The van der Waals surface area contributed by atoms with Crippen LogP contribution >= 0.6 is 0 Å². The predicted octanol–water partition coefficient (Wildman–Crippen LogP) is 7.14. The molecule has 3 unspecified atom stereocenters. The van der Waals surface area contributed by atoms with Crippen molar-refractivity contribution in [3.63, 3.8) is 0 Å². The van der Waals surface area contributed by atoms with Gasteiger partial charge in [0, 0.05) is 6.42 Å². The third kappa shape index (κ3) is 11.3. The minimum Gasteiger partial charge on any atom is -0.466 e. The van der Waals surface area contributed by atoms with Crippen LogP contribution in [-0.2, 0) is 9.53 Å². The Bertz CT molecular complexity index is 503. The van der Waals surface area contributed by atoms with Crippen molar-refractivity contribution in [1.82, 2.24) is 0 Å². The van der Waals surface area contributed by atoms with Crippen molar-refractivity contribution in [1.29, 1.82) is 5.26 Å². The van der Waals surface area contributed by atoms with Crippen molar-refractivity contribution in [3.05, 3.63) is 24.3 Å². The van der Waals surface area contributed by atoms with Gasteiger partial charge in [-0.15, -0.1) is 0 Å². The quantitative estimate of drug-likeness (QED) is 0.170. The number of hydrogen-bond donors (Lipinski definition) is 0. The molecule has 0 N–H and O–H groups in total. The fourth-order valence-corrected chi connectivity index (χ4v) is 3.73. The zero-order valence-corrected chi connectivity index (χ0v) is 18.2. The Balaban J connectivity index is 2.06. The highest BCUT2D eigenvalue weighted by atomic mass is 16.5. The molecule has 0 saturated carbocycles. The molecule has 0 aromatic rings. The summed E-state index contributed by atoms with van der Waals surface area (Å²) in [5.41, 5.74) is 0. The van der Waals surface area contributed by atoms with Crippen LogP contribution in [0.4, 0.5) is 0 Å². The number of hydrogen-bond acceptors (Lipinski definition) is 3. The molecule has 0 saturated heterocycles. The summed E-state index contributed by atoms with van der Waals surface area (Å²) in [6.45, 7) is 4.89. The lowest BCUT2D eigenvalue weighted by molar-refractivity contribution is -0.143. The molecule has 1 aliphatic carbocycles. The van der Waals surface area contributed by atoms with Gasteiger partial charge < -0.3 is 4.74 Å². The minimum absolute atomic E-state index is 0.0375. The average molecular weight is 388 g/mol. The van der Waals surface area contributed by atoms with E-state index in [-0.39, 0.29) is 11.9 Å². The van der Waals surface area contributed by atoms with Crippen molar-refractivity contribution in [2.24, 2.45) is 17.8 Å². The first-order valence-corrected chi connectivity index (χ1v) is 11.6. The molecule has 3 heteroatoms. The van der Waals surface area contributed by atoms with Crippen molar-refractivity contribution < 1.29 is 9.53 Å². The van der Waals surface area contributed by atoms with Gasteiger partial charge in [0.15, 0.2) is 0 Å². The molecule has 0 bridgehead atoms. The lowest BCUT2D eigenvalue weighted by atomic mass is 9.77. The van der Waals surface area contributed by atoms with Crippen LogP contribution in [0.15, 0.2) is 24.3 Å². The maximum Gasteiger partial charge on any atom is 0.305 e. The fourth-order valence-electron chi connectivity index (χ4n) is 3.73. The highest BCUT2D eigenvalue weighted by Crippen LogP contribution is 2.32. The lowest BCUT2D eigenvalue weighted by Crippen LogP contribution is -2.18. The second-order valence-electron chi connectivity index (χ2n) is 8.13. The van der Waals surface area contributed by atoms with Crippen LogP contribution in [0.25, 0.3) is 0 Å². The maximum absolute atomic E-state index is 11.5. The average Bonchev–Trinajstić information content (AvgIpc) is 2.71. The SMILES string of the molecule is CCCCOC(=O)CCCCCCC/C=C/C1C=CC(CCCC)C(C#N)C1. The standard InChI is InChI=1S/C25H41NO2/c1-3-5-15-23-18-17-22(20-24(23)21-26)14-12-10-8-7-9-11-13-16-25(27)28-19-6-4-2/h12,14,17-18,22-24H,3-11,13,15-16,19-20H2,1-2H3/b14-12+. The number of nitriles is 1. The van der Waals surface area contributed by atoms with Gasteiger partial charge in [0.05, 0.1) is 18.6 Å². The van der Waals surface area contributed by atoms with Gasteiger partial charge in [0.25, 0.3) is 0 Å². The summed E-state index contributed by atoms with van der Waals surface area (Å²) >= 11 is 0.